The third kappa shape index (κ3) is 4.72. The molecule has 1 N–H and O–H groups in total. The maximum atomic E-state index is 13.9. The third-order valence-corrected chi connectivity index (χ3v) is 7.16. The first-order valence-electron chi connectivity index (χ1n) is 11.8. The lowest BCUT2D eigenvalue weighted by atomic mass is 9.72. The Kier molecular flexibility index (Phi) is 6.63. The molecule has 0 radical (unpaired) electrons. The van der Waals surface area contributed by atoms with Crippen molar-refractivity contribution in [1.29, 1.82) is 0 Å². The van der Waals surface area contributed by atoms with Crippen molar-refractivity contribution in [3.05, 3.63) is 59.9 Å². The first-order chi connectivity index (χ1) is 15.4. The van der Waals surface area contributed by atoms with E-state index >= 15 is 0 Å². The number of hydrogen-bond acceptors (Lipinski definition) is 2. The van der Waals surface area contributed by atoms with Crippen LogP contribution >= 0.6 is 0 Å². The van der Waals surface area contributed by atoms with Gasteiger partial charge in [-0.25, -0.2) is 4.39 Å². The van der Waals surface area contributed by atoms with Gasteiger partial charge in [0, 0.05) is 25.6 Å². The topological polar surface area (TPSA) is 49.4 Å². The van der Waals surface area contributed by atoms with Gasteiger partial charge in [0.2, 0.25) is 11.8 Å². The number of hydrogen-bond donors (Lipinski definition) is 1. The predicted molar refractivity (Wildman–Crippen MR) is 124 cm³/mol. The average Bonchev–Trinajstić information content (AvgIpc) is 3.54. The van der Waals surface area contributed by atoms with Crippen LogP contribution in [0.2, 0.25) is 0 Å². The number of carbonyl (C=O) groups is 2. The van der Waals surface area contributed by atoms with Crippen molar-refractivity contribution >= 4 is 11.8 Å². The average molecular weight is 437 g/mol. The second-order valence-electron chi connectivity index (χ2n) is 9.53. The van der Waals surface area contributed by atoms with E-state index in [2.05, 4.69) is 12.2 Å². The zero-order chi connectivity index (χ0) is 22.7. The van der Waals surface area contributed by atoms with Crippen LogP contribution in [0.1, 0.15) is 45.1 Å². The van der Waals surface area contributed by atoms with Gasteiger partial charge in [-0.2, -0.15) is 0 Å². The first-order valence-corrected chi connectivity index (χ1v) is 11.8. The standard InChI is InChI=1S/C27H33FN2O2/c1-3-13-29-26(32)27(11-14-30(15-12-27)25(31)24-16-19(24)2)18-21-7-4-5-10-23(21)20-8-6-9-22(28)17-20/h4-10,17,19,24H,3,11-16,18H2,1-2H3,(H,29,32). The number of likely N-dealkylation sites (tertiary alicyclic amines) is 1. The van der Waals surface area contributed by atoms with Crippen LogP contribution in [0, 0.1) is 23.1 Å². The largest absolute Gasteiger partial charge is 0.356 e. The Morgan fingerprint density at radius 2 is 1.84 bits per heavy atom. The highest BCUT2D eigenvalue weighted by Gasteiger charge is 2.46. The monoisotopic (exact) mass is 436 g/mol. The molecular formula is C27H33FN2O2. The maximum Gasteiger partial charge on any atom is 0.226 e. The molecule has 170 valence electrons. The molecule has 1 saturated carbocycles. The molecule has 32 heavy (non-hydrogen) atoms. The molecule has 2 fully saturated rings. The van der Waals surface area contributed by atoms with Crippen LogP contribution in [0.4, 0.5) is 4.39 Å². The molecule has 2 aromatic carbocycles. The minimum absolute atomic E-state index is 0.0697. The molecule has 5 heteroatoms. The molecule has 1 aliphatic carbocycles. The zero-order valence-electron chi connectivity index (χ0n) is 19.1. The second-order valence-corrected chi connectivity index (χ2v) is 9.53. The van der Waals surface area contributed by atoms with Crippen molar-refractivity contribution in [2.24, 2.45) is 17.3 Å². The van der Waals surface area contributed by atoms with Crippen LogP contribution < -0.4 is 5.32 Å². The van der Waals surface area contributed by atoms with Gasteiger partial charge in [0.05, 0.1) is 5.41 Å². The Hall–Kier alpha value is -2.69. The van der Waals surface area contributed by atoms with Crippen LogP contribution in [-0.4, -0.2) is 36.3 Å². The predicted octanol–water partition coefficient (Wildman–Crippen LogP) is 4.83. The van der Waals surface area contributed by atoms with E-state index in [1.807, 2.05) is 42.2 Å². The van der Waals surface area contributed by atoms with E-state index in [9.17, 15) is 14.0 Å². The minimum atomic E-state index is -0.565. The van der Waals surface area contributed by atoms with Gasteiger partial charge in [0.15, 0.2) is 0 Å². The second kappa shape index (κ2) is 9.43. The Morgan fingerprint density at radius 3 is 2.50 bits per heavy atom. The molecule has 1 aliphatic heterocycles. The number of carbonyl (C=O) groups excluding carboxylic acids is 2. The van der Waals surface area contributed by atoms with Crippen molar-refractivity contribution in [1.82, 2.24) is 10.2 Å². The molecule has 1 saturated heterocycles. The molecule has 4 rings (SSSR count). The number of rotatable bonds is 7. The summed E-state index contributed by atoms with van der Waals surface area (Å²) in [6.45, 7) is 6.05. The Bertz CT molecular complexity index is 981. The number of nitrogens with zero attached hydrogens (tertiary/aromatic N) is 1. The number of amides is 2. The van der Waals surface area contributed by atoms with Crippen molar-refractivity contribution in [3.63, 3.8) is 0 Å². The van der Waals surface area contributed by atoms with Gasteiger partial charge in [-0.3, -0.25) is 9.59 Å². The molecule has 2 aliphatic rings. The molecular weight excluding hydrogens is 403 g/mol. The molecule has 0 aromatic heterocycles. The van der Waals surface area contributed by atoms with Gasteiger partial charge >= 0.3 is 0 Å². The first kappa shape index (κ1) is 22.5. The van der Waals surface area contributed by atoms with E-state index in [1.54, 1.807) is 12.1 Å². The van der Waals surface area contributed by atoms with Crippen LogP contribution in [0.15, 0.2) is 48.5 Å². The van der Waals surface area contributed by atoms with E-state index in [0.29, 0.717) is 44.8 Å². The van der Waals surface area contributed by atoms with Crippen molar-refractivity contribution in [2.75, 3.05) is 19.6 Å². The Balaban J connectivity index is 1.59. The van der Waals surface area contributed by atoms with Gasteiger partial charge in [-0.1, -0.05) is 50.2 Å². The van der Waals surface area contributed by atoms with Crippen molar-refractivity contribution < 1.29 is 14.0 Å². The van der Waals surface area contributed by atoms with E-state index in [4.69, 9.17) is 0 Å². The van der Waals surface area contributed by atoms with E-state index in [-0.39, 0.29) is 23.5 Å². The summed E-state index contributed by atoms with van der Waals surface area (Å²) >= 11 is 0. The minimum Gasteiger partial charge on any atom is -0.356 e. The quantitative estimate of drug-likeness (QED) is 0.676. The van der Waals surface area contributed by atoms with Gasteiger partial charge < -0.3 is 10.2 Å². The molecule has 0 spiro atoms. The summed E-state index contributed by atoms with van der Waals surface area (Å²) in [4.78, 5) is 28.1. The Labute approximate surface area is 190 Å². The van der Waals surface area contributed by atoms with Crippen LogP contribution in [0.5, 0.6) is 0 Å². The van der Waals surface area contributed by atoms with Gasteiger partial charge in [0.1, 0.15) is 5.82 Å². The van der Waals surface area contributed by atoms with Crippen LogP contribution in [-0.2, 0) is 16.0 Å². The summed E-state index contributed by atoms with van der Waals surface area (Å²) < 4.78 is 13.9. The highest BCUT2D eigenvalue weighted by molar-refractivity contribution is 5.85. The van der Waals surface area contributed by atoms with E-state index in [1.165, 1.54) is 6.07 Å². The Morgan fingerprint density at radius 1 is 1.12 bits per heavy atom. The molecule has 2 amide bonds. The molecule has 2 unspecified atom stereocenters. The van der Waals surface area contributed by atoms with Crippen molar-refractivity contribution in [2.45, 2.75) is 46.0 Å². The molecule has 2 aromatic rings. The van der Waals surface area contributed by atoms with E-state index in [0.717, 1.165) is 29.5 Å². The fraction of sp³-hybridized carbons (Fsp3) is 0.481. The number of benzene rings is 2. The lowest BCUT2D eigenvalue weighted by Crippen LogP contribution is -2.51. The summed E-state index contributed by atoms with van der Waals surface area (Å²) in [5.74, 6) is 0.708. The summed E-state index contributed by atoms with van der Waals surface area (Å²) in [5, 5.41) is 3.12. The lowest BCUT2D eigenvalue weighted by Gasteiger charge is -2.41. The van der Waals surface area contributed by atoms with Crippen LogP contribution in [0.3, 0.4) is 0 Å². The summed E-state index contributed by atoms with van der Waals surface area (Å²) in [7, 11) is 0. The van der Waals surface area contributed by atoms with Gasteiger partial charge in [0.25, 0.3) is 0 Å². The smallest absolute Gasteiger partial charge is 0.226 e. The summed E-state index contributed by atoms with van der Waals surface area (Å²) in [6, 6.07) is 14.6. The summed E-state index contributed by atoms with van der Waals surface area (Å²) in [6.07, 6.45) is 3.74. The van der Waals surface area contributed by atoms with Crippen molar-refractivity contribution in [3.8, 4) is 11.1 Å². The molecule has 4 nitrogen and oxygen atoms in total. The lowest BCUT2D eigenvalue weighted by molar-refractivity contribution is -0.141. The molecule has 0 bridgehead atoms. The molecule has 2 atom stereocenters. The SMILES string of the molecule is CCCNC(=O)C1(Cc2ccccc2-c2cccc(F)c2)CCN(C(=O)C2CC2C)CC1. The zero-order valence-corrected chi connectivity index (χ0v) is 19.1. The normalized spacial score (nSPS) is 21.8. The number of halogens is 1. The number of piperidine rings is 1. The molecule has 1 heterocycles. The fourth-order valence-corrected chi connectivity index (χ4v) is 4.94. The highest BCUT2D eigenvalue weighted by atomic mass is 19.1. The summed E-state index contributed by atoms with van der Waals surface area (Å²) in [5.41, 5.74) is 2.25. The maximum absolute atomic E-state index is 13.9. The van der Waals surface area contributed by atoms with Gasteiger partial charge in [-0.05, 0) is 66.8 Å². The third-order valence-electron chi connectivity index (χ3n) is 7.16. The van der Waals surface area contributed by atoms with Gasteiger partial charge in [-0.15, -0.1) is 0 Å². The van der Waals surface area contributed by atoms with Crippen LogP contribution in [0.25, 0.3) is 11.1 Å². The highest BCUT2D eigenvalue weighted by Crippen LogP contribution is 2.42. The fourth-order valence-electron chi connectivity index (χ4n) is 4.94. The van der Waals surface area contributed by atoms with E-state index < -0.39 is 5.41 Å². The number of nitrogens with one attached hydrogen (secondary N) is 1.